The summed E-state index contributed by atoms with van der Waals surface area (Å²) in [5, 5.41) is 0. The molecule has 1 aliphatic rings. The molecule has 0 aromatic heterocycles. The van der Waals surface area contributed by atoms with Crippen LogP contribution in [0.3, 0.4) is 0 Å². The van der Waals surface area contributed by atoms with Gasteiger partial charge in [-0.3, -0.25) is 4.79 Å². The summed E-state index contributed by atoms with van der Waals surface area (Å²) in [6.07, 6.45) is 0. The van der Waals surface area contributed by atoms with Crippen molar-refractivity contribution in [2.24, 2.45) is 5.73 Å². The summed E-state index contributed by atoms with van der Waals surface area (Å²) < 4.78 is 0.844. The fourth-order valence-electron chi connectivity index (χ4n) is 2.57. The molecule has 0 unspecified atom stereocenters. The summed E-state index contributed by atoms with van der Waals surface area (Å²) in [7, 11) is 0. The number of benzene rings is 2. The Labute approximate surface area is 125 Å². The molecule has 0 radical (unpaired) electrons. The molecule has 2 aromatic carbocycles. The van der Waals surface area contributed by atoms with Gasteiger partial charge in [0.2, 0.25) is 0 Å². The van der Waals surface area contributed by atoms with Crippen LogP contribution in [0.5, 0.6) is 0 Å². The molecule has 0 saturated carbocycles. The highest BCUT2D eigenvalue weighted by Crippen LogP contribution is 2.32. The average molecular weight is 332 g/mol. The Morgan fingerprint density at radius 2 is 1.85 bits per heavy atom. The van der Waals surface area contributed by atoms with E-state index in [0.717, 1.165) is 28.9 Å². The standard InChI is InChI=1S/C15H14BrN3O/c16-11-2-4-14(13(6-11)15(18)20)19-7-9-1-3-12(17)5-10(9)8-19/h1-6H,7-8,17H2,(H2,18,20). The summed E-state index contributed by atoms with van der Waals surface area (Å²) in [6, 6.07) is 11.5. The van der Waals surface area contributed by atoms with Crippen LogP contribution >= 0.6 is 15.9 Å². The predicted octanol–water partition coefficient (Wildman–Crippen LogP) is 2.65. The van der Waals surface area contributed by atoms with Gasteiger partial charge in [0.1, 0.15) is 0 Å². The van der Waals surface area contributed by atoms with Crippen molar-refractivity contribution in [3.63, 3.8) is 0 Å². The van der Waals surface area contributed by atoms with Crippen LogP contribution in [0.1, 0.15) is 21.5 Å². The number of amides is 1. The Kier molecular flexibility index (Phi) is 3.14. The highest BCUT2D eigenvalue weighted by atomic mass is 79.9. The summed E-state index contributed by atoms with van der Waals surface area (Å²) in [5.41, 5.74) is 15.9. The molecule has 4 N–H and O–H groups in total. The zero-order valence-electron chi connectivity index (χ0n) is 10.8. The Bertz CT molecular complexity index is 700. The van der Waals surface area contributed by atoms with Crippen LogP contribution < -0.4 is 16.4 Å². The highest BCUT2D eigenvalue weighted by Gasteiger charge is 2.22. The van der Waals surface area contributed by atoms with Gasteiger partial charge in [-0.25, -0.2) is 0 Å². The lowest BCUT2D eigenvalue weighted by Gasteiger charge is -2.20. The van der Waals surface area contributed by atoms with Crippen molar-refractivity contribution in [3.05, 3.63) is 57.6 Å². The van der Waals surface area contributed by atoms with Gasteiger partial charge in [0.25, 0.3) is 5.91 Å². The first kappa shape index (κ1) is 13.0. The van der Waals surface area contributed by atoms with Crippen LogP contribution in [0, 0.1) is 0 Å². The molecule has 2 aromatic rings. The van der Waals surface area contributed by atoms with Gasteiger partial charge in [-0.15, -0.1) is 0 Å². The fourth-order valence-corrected chi connectivity index (χ4v) is 2.93. The molecule has 3 rings (SSSR count). The number of carbonyl (C=O) groups is 1. The van der Waals surface area contributed by atoms with Gasteiger partial charge in [0.05, 0.1) is 11.3 Å². The van der Waals surface area contributed by atoms with Crippen molar-refractivity contribution in [1.82, 2.24) is 0 Å². The van der Waals surface area contributed by atoms with Crippen molar-refractivity contribution in [1.29, 1.82) is 0 Å². The lowest BCUT2D eigenvalue weighted by Crippen LogP contribution is -2.21. The summed E-state index contributed by atoms with van der Waals surface area (Å²) >= 11 is 3.37. The van der Waals surface area contributed by atoms with Gasteiger partial charge in [-0.1, -0.05) is 22.0 Å². The van der Waals surface area contributed by atoms with Gasteiger partial charge in [-0.2, -0.15) is 0 Å². The van der Waals surface area contributed by atoms with Gasteiger partial charge >= 0.3 is 0 Å². The number of primary amides is 1. The molecule has 0 atom stereocenters. The lowest BCUT2D eigenvalue weighted by molar-refractivity contribution is 0.100. The summed E-state index contributed by atoms with van der Waals surface area (Å²) in [6.45, 7) is 1.50. The lowest BCUT2D eigenvalue weighted by atomic mass is 10.1. The van der Waals surface area contributed by atoms with E-state index in [4.69, 9.17) is 11.5 Å². The van der Waals surface area contributed by atoms with Crippen molar-refractivity contribution in [2.75, 3.05) is 10.6 Å². The number of hydrogen-bond donors (Lipinski definition) is 2. The molecule has 5 heteroatoms. The predicted molar refractivity (Wildman–Crippen MR) is 83.4 cm³/mol. The van der Waals surface area contributed by atoms with E-state index in [1.165, 1.54) is 11.1 Å². The third-order valence-corrected chi connectivity index (χ3v) is 4.01. The molecular weight excluding hydrogens is 318 g/mol. The van der Waals surface area contributed by atoms with Gasteiger partial charge < -0.3 is 16.4 Å². The summed E-state index contributed by atoms with van der Waals surface area (Å²) in [5.74, 6) is -0.420. The van der Waals surface area contributed by atoms with E-state index in [1.807, 2.05) is 30.3 Å². The van der Waals surface area contributed by atoms with E-state index < -0.39 is 5.91 Å². The van der Waals surface area contributed by atoms with Crippen molar-refractivity contribution < 1.29 is 4.79 Å². The van der Waals surface area contributed by atoms with Crippen LogP contribution in [0.2, 0.25) is 0 Å². The smallest absolute Gasteiger partial charge is 0.250 e. The largest absolute Gasteiger partial charge is 0.399 e. The second-order valence-electron chi connectivity index (χ2n) is 4.91. The molecule has 4 nitrogen and oxygen atoms in total. The molecule has 0 bridgehead atoms. The SMILES string of the molecule is NC(=O)c1cc(Br)ccc1N1Cc2ccc(N)cc2C1. The number of fused-ring (bicyclic) bond motifs is 1. The first-order chi connectivity index (χ1) is 9.54. The number of anilines is 2. The Hall–Kier alpha value is -2.01. The number of nitrogens with two attached hydrogens (primary N) is 2. The maximum Gasteiger partial charge on any atom is 0.250 e. The fraction of sp³-hybridized carbons (Fsp3) is 0.133. The minimum absolute atomic E-state index is 0.420. The van der Waals surface area contributed by atoms with Crippen molar-refractivity contribution in [3.8, 4) is 0 Å². The van der Waals surface area contributed by atoms with Gasteiger partial charge in [0, 0.05) is 23.2 Å². The molecule has 1 aliphatic heterocycles. The third-order valence-electron chi connectivity index (χ3n) is 3.52. The normalized spacial score (nSPS) is 13.3. The number of carbonyl (C=O) groups excluding carboxylic acids is 1. The number of nitrogens with zero attached hydrogens (tertiary/aromatic N) is 1. The summed E-state index contributed by atoms with van der Waals surface area (Å²) in [4.78, 5) is 13.7. The Morgan fingerprint density at radius 3 is 2.60 bits per heavy atom. The molecule has 102 valence electrons. The van der Waals surface area contributed by atoms with E-state index in [9.17, 15) is 4.79 Å². The second kappa shape index (κ2) is 4.83. The van der Waals surface area contributed by atoms with Crippen molar-refractivity contribution >= 4 is 33.2 Å². The molecule has 1 amide bonds. The van der Waals surface area contributed by atoms with Crippen LogP contribution in [0.4, 0.5) is 11.4 Å². The van der Waals surface area contributed by atoms with Crippen LogP contribution in [0.25, 0.3) is 0 Å². The highest BCUT2D eigenvalue weighted by molar-refractivity contribution is 9.10. The number of halogens is 1. The van der Waals surface area contributed by atoms with Gasteiger partial charge in [0.15, 0.2) is 0 Å². The molecule has 20 heavy (non-hydrogen) atoms. The zero-order chi connectivity index (χ0) is 14.3. The zero-order valence-corrected chi connectivity index (χ0v) is 12.4. The van der Waals surface area contributed by atoms with E-state index in [0.29, 0.717) is 5.56 Å². The van der Waals surface area contributed by atoms with Crippen molar-refractivity contribution in [2.45, 2.75) is 13.1 Å². The minimum Gasteiger partial charge on any atom is -0.399 e. The number of nitrogen functional groups attached to an aromatic ring is 1. The molecule has 0 saturated heterocycles. The molecule has 0 spiro atoms. The Balaban J connectivity index is 1.99. The first-order valence-corrected chi connectivity index (χ1v) is 7.05. The van der Waals surface area contributed by atoms with Gasteiger partial charge in [-0.05, 0) is 41.5 Å². The molecule has 1 heterocycles. The van der Waals surface area contributed by atoms with Crippen LogP contribution in [-0.2, 0) is 13.1 Å². The maximum atomic E-state index is 11.6. The minimum atomic E-state index is -0.420. The second-order valence-corrected chi connectivity index (χ2v) is 5.83. The van der Waals surface area contributed by atoms with Crippen LogP contribution in [-0.4, -0.2) is 5.91 Å². The maximum absolute atomic E-state index is 11.6. The first-order valence-electron chi connectivity index (χ1n) is 6.26. The van der Waals surface area contributed by atoms with Crippen LogP contribution in [0.15, 0.2) is 40.9 Å². The van der Waals surface area contributed by atoms with E-state index in [-0.39, 0.29) is 0 Å². The van der Waals surface area contributed by atoms with E-state index in [2.05, 4.69) is 20.8 Å². The Morgan fingerprint density at radius 1 is 1.10 bits per heavy atom. The molecule has 0 aliphatic carbocycles. The molecular formula is C15H14BrN3O. The quantitative estimate of drug-likeness (QED) is 0.831. The van der Waals surface area contributed by atoms with E-state index in [1.54, 1.807) is 6.07 Å². The average Bonchev–Trinajstić information content (AvgIpc) is 2.81. The van der Waals surface area contributed by atoms with E-state index >= 15 is 0 Å². The molecule has 0 fully saturated rings. The number of rotatable bonds is 2. The monoisotopic (exact) mass is 331 g/mol. The third kappa shape index (κ3) is 2.25. The topological polar surface area (TPSA) is 72.4 Å². The number of hydrogen-bond acceptors (Lipinski definition) is 3.